The lowest BCUT2D eigenvalue weighted by Gasteiger charge is -2.37. The molecule has 2 fully saturated rings. The topological polar surface area (TPSA) is 90.0 Å². The highest BCUT2D eigenvalue weighted by atomic mass is 16.3. The SMILES string of the molecule is CC(C)C(=O)N1CCC(N2CC(C(=O)NC3CCC(c4ccccc4)CC3)=C(O)C2=O)CC1. The lowest BCUT2D eigenvalue weighted by atomic mass is 9.82. The molecule has 33 heavy (non-hydrogen) atoms. The van der Waals surface area contributed by atoms with Gasteiger partial charge in [-0.3, -0.25) is 14.4 Å². The lowest BCUT2D eigenvalue weighted by Crippen LogP contribution is -2.48. The monoisotopic (exact) mass is 453 g/mol. The molecule has 1 aromatic rings. The van der Waals surface area contributed by atoms with Crippen LogP contribution in [0.25, 0.3) is 0 Å². The summed E-state index contributed by atoms with van der Waals surface area (Å²) in [5, 5.41) is 13.5. The Morgan fingerprint density at radius 3 is 2.24 bits per heavy atom. The first-order valence-corrected chi connectivity index (χ1v) is 12.2. The second-order valence-corrected chi connectivity index (χ2v) is 9.90. The molecule has 1 aromatic carbocycles. The third kappa shape index (κ3) is 5.07. The van der Waals surface area contributed by atoms with Crippen LogP contribution >= 0.6 is 0 Å². The molecule has 2 aliphatic heterocycles. The van der Waals surface area contributed by atoms with Crippen molar-refractivity contribution in [3.63, 3.8) is 0 Å². The highest BCUT2D eigenvalue weighted by Crippen LogP contribution is 2.33. The molecule has 7 heteroatoms. The van der Waals surface area contributed by atoms with Crippen LogP contribution in [0.15, 0.2) is 41.7 Å². The fourth-order valence-corrected chi connectivity index (χ4v) is 5.39. The highest BCUT2D eigenvalue weighted by Gasteiger charge is 2.40. The Hall–Kier alpha value is -2.83. The van der Waals surface area contributed by atoms with Crippen molar-refractivity contribution in [1.29, 1.82) is 0 Å². The van der Waals surface area contributed by atoms with Crippen molar-refractivity contribution in [2.75, 3.05) is 19.6 Å². The Kier molecular flexibility index (Phi) is 7.05. The van der Waals surface area contributed by atoms with E-state index in [-0.39, 0.29) is 41.9 Å². The maximum atomic E-state index is 12.9. The number of carbonyl (C=O) groups is 3. The Bertz CT molecular complexity index is 911. The Morgan fingerprint density at radius 2 is 1.64 bits per heavy atom. The first-order chi connectivity index (χ1) is 15.8. The van der Waals surface area contributed by atoms with Crippen molar-refractivity contribution in [2.45, 2.75) is 70.4 Å². The number of carbonyl (C=O) groups excluding carboxylic acids is 3. The van der Waals surface area contributed by atoms with Gasteiger partial charge in [0.25, 0.3) is 11.8 Å². The molecule has 0 atom stereocenters. The lowest BCUT2D eigenvalue weighted by molar-refractivity contribution is -0.137. The number of likely N-dealkylation sites (tertiary alicyclic amines) is 1. The number of aliphatic hydroxyl groups is 1. The molecule has 2 N–H and O–H groups in total. The molecule has 3 amide bonds. The van der Waals surface area contributed by atoms with Crippen molar-refractivity contribution in [3.8, 4) is 0 Å². The molecule has 2 heterocycles. The van der Waals surface area contributed by atoms with Gasteiger partial charge in [-0.2, -0.15) is 0 Å². The van der Waals surface area contributed by atoms with Crippen LogP contribution in [0.5, 0.6) is 0 Å². The number of piperidine rings is 1. The van der Waals surface area contributed by atoms with E-state index in [0.717, 1.165) is 25.7 Å². The van der Waals surface area contributed by atoms with Crippen molar-refractivity contribution < 1.29 is 19.5 Å². The molecule has 0 spiro atoms. The van der Waals surface area contributed by atoms with E-state index in [4.69, 9.17) is 0 Å². The summed E-state index contributed by atoms with van der Waals surface area (Å²) in [5.41, 5.74) is 1.52. The number of amides is 3. The zero-order valence-electron chi connectivity index (χ0n) is 19.6. The summed E-state index contributed by atoms with van der Waals surface area (Å²) in [6.45, 7) is 5.11. The van der Waals surface area contributed by atoms with Gasteiger partial charge in [-0.15, -0.1) is 0 Å². The minimum Gasteiger partial charge on any atom is -0.503 e. The molecule has 0 unspecified atom stereocenters. The van der Waals surface area contributed by atoms with Gasteiger partial charge in [0.15, 0.2) is 5.76 Å². The van der Waals surface area contributed by atoms with Crippen LogP contribution < -0.4 is 5.32 Å². The van der Waals surface area contributed by atoms with Crippen LogP contribution in [-0.4, -0.2) is 64.3 Å². The number of nitrogens with one attached hydrogen (secondary N) is 1. The average molecular weight is 454 g/mol. The predicted molar refractivity (Wildman–Crippen MR) is 125 cm³/mol. The number of hydrogen-bond donors (Lipinski definition) is 2. The van der Waals surface area contributed by atoms with Gasteiger partial charge in [0.1, 0.15) is 0 Å². The number of hydrogen-bond acceptors (Lipinski definition) is 4. The summed E-state index contributed by atoms with van der Waals surface area (Å²) < 4.78 is 0. The smallest absolute Gasteiger partial charge is 0.289 e. The molecule has 1 saturated heterocycles. The van der Waals surface area contributed by atoms with E-state index in [1.807, 2.05) is 24.8 Å². The molecule has 1 saturated carbocycles. The summed E-state index contributed by atoms with van der Waals surface area (Å²) in [6.07, 6.45) is 5.13. The summed E-state index contributed by atoms with van der Waals surface area (Å²) in [5.74, 6) is -0.626. The van der Waals surface area contributed by atoms with E-state index < -0.39 is 11.7 Å². The van der Waals surface area contributed by atoms with Crippen LogP contribution in [0, 0.1) is 5.92 Å². The second kappa shape index (κ2) is 9.98. The van der Waals surface area contributed by atoms with E-state index in [0.29, 0.717) is 31.8 Å². The van der Waals surface area contributed by atoms with Gasteiger partial charge in [-0.25, -0.2) is 0 Å². The maximum absolute atomic E-state index is 12.9. The molecule has 178 valence electrons. The van der Waals surface area contributed by atoms with Gasteiger partial charge in [-0.1, -0.05) is 44.2 Å². The largest absolute Gasteiger partial charge is 0.503 e. The van der Waals surface area contributed by atoms with Crippen LogP contribution in [0.1, 0.15) is 63.9 Å². The molecule has 0 aromatic heterocycles. The number of benzene rings is 1. The van der Waals surface area contributed by atoms with E-state index in [9.17, 15) is 19.5 Å². The predicted octanol–water partition coefficient (Wildman–Crippen LogP) is 3.13. The standard InChI is InChI=1S/C26H35N3O4/c1-17(2)25(32)28-14-12-21(13-15-28)29-16-22(23(30)26(29)33)24(31)27-20-10-8-19(9-11-20)18-6-4-3-5-7-18/h3-7,17,19-21,30H,8-16H2,1-2H3,(H,27,31). The van der Waals surface area contributed by atoms with Crippen LogP contribution in [0.3, 0.4) is 0 Å². The average Bonchev–Trinajstić information content (AvgIpc) is 3.14. The van der Waals surface area contributed by atoms with Gasteiger partial charge in [-0.05, 0) is 50.0 Å². The fraction of sp³-hybridized carbons (Fsp3) is 0.577. The zero-order chi connectivity index (χ0) is 23.5. The van der Waals surface area contributed by atoms with Crippen molar-refractivity contribution in [2.24, 2.45) is 5.92 Å². The third-order valence-corrected chi connectivity index (χ3v) is 7.40. The van der Waals surface area contributed by atoms with E-state index in [1.165, 1.54) is 5.56 Å². The maximum Gasteiger partial charge on any atom is 0.289 e. The van der Waals surface area contributed by atoms with Crippen molar-refractivity contribution >= 4 is 17.7 Å². The Labute approximate surface area is 195 Å². The Balaban J connectivity index is 1.29. The highest BCUT2D eigenvalue weighted by molar-refractivity contribution is 6.07. The van der Waals surface area contributed by atoms with Crippen LogP contribution in [0.2, 0.25) is 0 Å². The number of rotatable bonds is 5. The van der Waals surface area contributed by atoms with Crippen LogP contribution in [-0.2, 0) is 14.4 Å². The molecule has 4 rings (SSSR count). The van der Waals surface area contributed by atoms with Gasteiger partial charge in [0, 0.05) is 31.1 Å². The zero-order valence-corrected chi connectivity index (χ0v) is 19.6. The molecule has 3 aliphatic rings. The summed E-state index contributed by atoms with van der Waals surface area (Å²) in [6, 6.07) is 10.5. The number of nitrogens with zero attached hydrogens (tertiary/aromatic N) is 2. The van der Waals surface area contributed by atoms with Gasteiger partial charge < -0.3 is 20.2 Å². The minimum absolute atomic E-state index is 0.0428. The van der Waals surface area contributed by atoms with Crippen molar-refractivity contribution in [3.05, 3.63) is 47.2 Å². The molecular weight excluding hydrogens is 418 g/mol. The molecule has 7 nitrogen and oxygen atoms in total. The Morgan fingerprint density at radius 1 is 1.00 bits per heavy atom. The van der Waals surface area contributed by atoms with Gasteiger partial charge in [0.05, 0.1) is 12.1 Å². The summed E-state index contributed by atoms with van der Waals surface area (Å²) in [7, 11) is 0. The second-order valence-electron chi connectivity index (χ2n) is 9.90. The van der Waals surface area contributed by atoms with Gasteiger partial charge >= 0.3 is 0 Å². The summed E-state index contributed by atoms with van der Waals surface area (Å²) >= 11 is 0. The third-order valence-electron chi connectivity index (χ3n) is 7.40. The molecule has 0 radical (unpaired) electrons. The van der Waals surface area contributed by atoms with Crippen molar-refractivity contribution in [1.82, 2.24) is 15.1 Å². The fourth-order valence-electron chi connectivity index (χ4n) is 5.39. The first-order valence-electron chi connectivity index (χ1n) is 12.2. The van der Waals surface area contributed by atoms with E-state index in [2.05, 4.69) is 29.6 Å². The quantitative estimate of drug-likeness (QED) is 0.717. The first kappa shape index (κ1) is 23.3. The molecule has 1 aliphatic carbocycles. The minimum atomic E-state index is -0.471. The van der Waals surface area contributed by atoms with E-state index in [1.54, 1.807) is 4.90 Å². The van der Waals surface area contributed by atoms with E-state index >= 15 is 0 Å². The molecule has 0 bridgehead atoms. The normalized spacial score (nSPS) is 24.5. The van der Waals surface area contributed by atoms with Gasteiger partial charge in [0.2, 0.25) is 5.91 Å². The number of aliphatic hydroxyl groups excluding tert-OH is 1. The van der Waals surface area contributed by atoms with Crippen LogP contribution in [0.4, 0.5) is 0 Å². The molecular formula is C26H35N3O4. The summed E-state index contributed by atoms with van der Waals surface area (Å²) in [4.78, 5) is 41.3.